The van der Waals surface area contributed by atoms with E-state index < -0.39 is 0 Å². The van der Waals surface area contributed by atoms with Gasteiger partial charge in [0.1, 0.15) is 0 Å². The summed E-state index contributed by atoms with van der Waals surface area (Å²) in [6.45, 7) is 0. The van der Waals surface area contributed by atoms with E-state index in [9.17, 15) is 15.0 Å². The molecule has 0 aliphatic carbocycles. The van der Waals surface area contributed by atoms with E-state index in [2.05, 4.69) is 0 Å². The molecule has 1 heterocycles. The van der Waals surface area contributed by atoms with Crippen molar-refractivity contribution >= 4 is 27.7 Å². The average Bonchev–Trinajstić information content (AvgIpc) is 2.54. The molecule has 0 saturated heterocycles. The zero-order valence-corrected chi connectivity index (χ0v) is 7.34. The van der Waals surface area contributed by atoms with Crippen molar-refractivity contribution in [3.63, 3.8) is 0 Å². The van der Waals surface area contributed by atoms with Crippen molar-refractivity contribution in [1.82, 2.24) is 0 Å². The molecule has 3 nitrogen and oxygen atoms in total. The Morgan fingerprint density at radius 2 is 2.15 bits per heavy atom. The van der Waals surface area contributed by atoms with E-state index >= 15 is 0 Å². The summed E-state index contributed by atoms with van der Waals surface area (Å²) in [5.74, 6) is -0.599. The Morgan fingerprint density at radius 3 is 2.85 bits per heavy atom. The minimum absolute atomic E-state index is 0.157. The normalized spacial score (nSPS) is 10.5. The number of aldehydes is 1. The SMILES string of the molecule is O=Cc1c(O)c(O)cc2ccsc12. The van der Waals surface area contributed by atoms with Gasteiger partial charge in [0.25, 0.3) is 0 Å². The molecule has 2 rings (SSSR count). The molecule has 13 heavy (non-hydrogen) atoms. The summed E-state index contributed by atoms with van der Waals surface area (Å²) in [5, 5.41) is 21.2. The van der Waals surface area contributed by atoms with Crippen LogP contribution in [0.5, 0.6) is 11.5 Å². The molecule has 0 fully saturated rings. The highest BCUT2D eigenvalue weighted by molar-refractivity contribution is 7.17. The molecular formula is C9H6O3S. The van der Waals surface area contributed by atoms with Gasteiger partial charge in [-0.3, -0.25) is 4.79 Å². The van der Waals surface area contributed by atoms with Gasteiger partial charge < -0.3 is 10.2 Å². The molecule has 0 radical (unpaired) electrons. The fourth-order valence-corrected chi connectivity index (χ4v) is 2.11. The number of rotatable bonds is 1. The second-order valence-corrected chi connectivity index (χ2v) is 3.53. The van der Waals surface area contributed by atoms with Crippen LogP contribution in [0.15, 0.2) is 17.5 Å². The van der Waals surface area contributed by atoms with Crippen LogP contribution in [-0.4, -0.2) is 16.5 Å². The van der Waals surface area contributed by atoms with Crippen LogP contribution in [0.3, 0.4) is 0 Å². The van der Waals surface area contributed by atoms with Crippen LogP contribution in [0, 0.1) is 0 Å². The first-order chi connectivity index (χ1) is 6.24. The zero-order chi connectivity index (χ0) is 9.42. The highest BCUT2D eigenvalue weighted by atomic mass is 32.1. The first kappa shape index (κ1) is 8.07. The van der Waals surface area contributed by atoms with Crippen molar-refractivity contribution in [1.29, 1.82) is 0 Å². The molecule has 0 aliphatic heterocycles. The first-order valence-corrected chi connectivity index (χ1v) is 4.49. The van der Waals surface area contributed by atoms with E-state index in [1.165, 1.54) is 17.4 Å². The van der Waals surface area contributed by atoms with E-state index in [1.54, 1.807) is 11.4 Å². The van der Waals surface area contributed by atoms with Gasteiger partial charge in [-0.1, -0.05) is 0 Å². The van der Waals surface area contributed by atoms with Crippen LogP contribution < -0.4 is 0 Å². The molecule has 66 valence electrons. The number of carbonyl (C=O) groups excluding carboxylic acids is 1. The quantitative estimate of drug-likeness (QED) is 0.540. The van der Waals surface area contributed by atoms with Crippen LogP contribution in [-0.2, 0) is 0 Å². The second kappa shape index (κ2) is 2.74. The average molecular weight is 194 g/mol. The van der Waals surface area contributed by atoms with Crippen molar-refractivity contribution < 1.29 is 15.0 Å². The standard InChI is InChI=1S/C9H6O3S/c10-4-6-8(12)7(11)3-5-1-2-13-9(5)6/h1-4,11-12H. The van der Waals surface area contributed by atoms with Crippen molar-refractivity contribution in [2.45, 2.75) is 0 Å². The zero-order valence-electron chi connectivity index (χ0n) is 6.52. The lowest BCUT2D eigenvalue weighted by Gasteiger charge is -2.01. The number of phenolic OH excluding ortho intramolecular Hbond substituents is 2. The number of thiophene rings is 1. The summed E-state index contributed by atoms with van der Waals surface area (Å²) in [4.78, 5) is 10.6. The molecule has 0 aliphatic rings. The smallest absolute Gasteiger partial charge is 0.169 e. The maximum atomic E-state index is 10.6. The van der Waals surface area contributed by atoms with Gasteiger partial charge in [0, 0.05) is 4.70 Å². The Bertz CT molecular complexity index is 473. The van der Waals surface area contributed by atoms with Crippen LogP contribution >= 0.6 is 11.3 Å². The Morgan fingerprint density at radius 1 is 1.38 bits per heavy atom. The molecule has 0 amide bonds. The van der Waals surface area contributed by atoms with E-state index in [4.69, 9.17) is 0 Å². The first-order valence-electron chi connectivity index (χ1n) is 3.61. The Labute approximate surface area is 77.9 Å². The molecule has 1 aromatic carbocycles. The van der Waals surface area contributed by atoms with Gasteiger partial charge in [0.05, 0.1) is 5.56 Å². The van der Waals surface area contributed by atoms with Crippen LogP contribution in [0.25, 0.3) is 10.1 Å². The molecular weight excluding hydrogens is 188 g/mol. The lowest BCUT2D eigenvalue weighted by atomic mass is 10.1. The van der Waals surface area contributed by atoms with Crippen molar-refractivity contribution in [2.75, 3.05) is 0 Å². The van der Waals surface area contributed by atoms with Gasteiger partial charge in [-0.15, -0.1) is 11.3 Å². The predicted octanol–water partition coefficient (Wildman–Crippen LogP) is 2.12. The molecule has 4 heteroatoms. The fourth-order valence-electron chi connectivity index (χ4n) is 1.22. The molecule has 0 unspecified atom stereocenters. The summed E-state index contributed by atoms with van der Waals surface area (Å²) >= 11 is 1.36. The van der Waals surface area contributed by atoms with Gasteiger partial charge in [-0.05, 0) is 22.9 Å². The fraction of sp³-hybridized carbons (Fsp3) is 0. The third-order valence-electron chi connectivity index (χ3n) is 1.85. The Kier molecular flexibility index (Phi) is 1.70. The van der Waals surface area contributed by atoms with Gasteiger partial charge in [-0.25, -0.2) is 0 Å². The number of aromatic hydroxyl groups is 2. The maximum Gasteiger partial charge on any atom is 0.169 e. The third kappa shape index (κ3) is 1.07. The number of carbonyl (C=O) groups is 1. The molecule has 0 saturated carbocycles. The molecule has 2 N–H and O–H groups in total. The van der Waals surface area contributed by atoms with Gasteiger partial charge in [0.15, 0.2) is 17.8 Å². The molecule has 2 aromatic rings. The summed E-state index contributed by atoms with van der Waals surface area (Å²) in [7, 11) is 0. The van der Waals surface area contributed by atoms with Crippen LogP contribution in [0.4, 0.5) is 0 Å². The summed E-state index contributed by atoms with van der Waals surface area (Å²) in [5.41, 5.74) is 0.157. The summed E-state index contributed by atoms with van der Waals surface area (Å²) < 4.78 is 0.699. The number of benzene rings is 1. The second-order valence-electron chi connectivity index (χ2n) is 2.61. The number of fused-ring (bicyclic) bond motifs is 1. The van der Waals surface area contributed by atoms with Gasteiger partial charge >= 0.3 is 0 Å². The maximum absolute atomic E-state index is 10.6. The van der Waals surface area contributed by atoms with E-state index in [0.717, 1.165) is 5.39 Å². The van der Waals surface area contributed by atoms with Gasteiger partial charge in [0.2, 0.25) is 0 Å². The van der Waals surface area contributed by atoms with E-state index in [1.807, 2.05) is 0 Å². The van der Waals surface area contributed by atoms with Crippen molar-refractivity contribution in [3.8, 4) is 11.5 Å². The molecule has 0 bridgehead atoms. The van der Waals surface area contributed by atoms with Crippen molar-refractivity contribution in [2.24, 2.45) is 0 Å². The third-order valence-corrected chi connectivity index (χ3v) is 2.81. The minimum atomic E-state index is -0.343. The van der Waals surface area contributed by atoms with Crippen molar-refractivity contribution in [3.05, 3.63) is 23.1 Å². The lowest BCUT2D eigenvalue weighted by molar-refractivity contribution is 0.112. The van der Waals surface area contributed by atoms with Crippen LogP contribution in [0.1, 0.15) is 10.4 Å². The predicted molar refractivity (Wildman–Crippen MR) is 50.5 cm³/mol. The molecule has 0 atom stereocenters. The monoisotopic (exact) mass is 194 g/mol. The van der Waals surface area contributed by atoms with E-state index in [-0.39, 0.29) is 17.1 Å². The molecule has 0 spiro atoms. The topological polar surface area (TPSA) is 57.5 Å². The highest BCUT2D eigenvalue weighted by Crippen LogP contribution is 2.37. The Balaban J connectivity index is 2.95. The van der Waals surface area contributed by atoms with Gasteiger partial charge in [-0.2, -0.15) is 0 Å². The summed E-state index contributed by atoms with van der Waals surface area (Å²) in [6.07, 6.45) is 0.549. The Hall–Kier alpha value is -1.55. The molecule has 1 aromatic heterocycles. The largest absolute Gasteiger partial charge is 0.504 e. The highest BCUT2D eigenvalue weighted by Gasteiger charge is 2.11. The number of phenols is 2. The minimum Gasteiger partial charge on any atom is -0.504 e. The lowest BCUT2D eigenvalue weighted by Crippen LogP contribution is -1.81. The number of hydrogen-bond acceptors (Lipinski definition) is 4. The number of hydrogen-bond donors (Lipinski definition) is 2. The van der Waals surface area contributed by atoms with E-state index in [0.29, 0.717) is 11.0 Å². The van der Waals surface area contributed by atoms with Crippen LogP contribution in [0.2, 0.25) is 0 Å². The summed E-state index contributed by atoms with van der Waals surface area (Å²) in [6, 6.07) is 3.22.